The number of benzene rings is 1. The Balaban J connectivity index is 1.49. The molecular weight excluding hydrogens is 412 g/mol. The van der Waals surface area contributed by atoms with Crippen molar-refractivity contribution in [3.05, 3.63) is 53.9 Å². The first kappa shape index (κ1) is 22.9. The lowest BCUT2D eigenvalue weighted by Crippen LogP contribution is -2.39. The third kappa shape index (κ3) is 6.37. The number of anilines is 1. The van der Waals surface area contributed by atoms with E-state index in [0.29, 0.717) is 12.5 Å². The molecule has 0 bridgehead atoms. The molecule has 1 aromatic heterocycles. The van der Waals surface area contributed by atoms with Crippen LogP contribution in [0, 0.1) is 5.92 Å². The highest BCUT2D eigenvalue weighted by Gasteiger charge is 2.21. The van der Waals surface area contributed by atoms with Crippen molar-refractivity contribution in [3.8, 4) is 0 Å². The number of amides is 2. The average molecular weight is 443 g/mol. The van der Waals surface area contributed by atoms with Gasteiger partial charge in [0.25, 0.3) is 11.8 Å². The first-order valence-electron chi connectivity index (χ1n) is 10.6. The van der Waals surface area contributed by atoms with Gasteiger partial charge in [-0.1, -0.05) is 6.07 Å². The molecule has 2 heterocycles. The van der Waals surface area contributed by atoms with Gasteiger partial charge in [0.15, 0.2) is 0 Å². The summed E-state index contributed by atoms with van der Waals surface area (Å²) in [5.41, 5.74) is 1.63. The van der Waals surface area contributed by atoms with Gasteiger partial charge in [-0.05, 0) is 69.0 Å². The van der Waals surface area contributed by atoms with Crippen LogP contribution >= 0.6 is 0 Å². The molecule has 0 spiro atoms. The molecule has 2 amide bonds. The van der Waals surface area contributed by atoms with Crippen molar-refractivity contribution in [2.75, 3.05) is 30.8 Å². The molecular formula is C23H30N4O3S. The molecule has 3 rings (SSSR count). The highest BCUT2D eigenvalue weighted by atomic mass is 32.2. The van der Waals surface area contributed by atoms with Gasteiger partial charge in [0.05, 0.1) is 0 Å². The van der Waals surface area contributed by atoms with Crippen LogP contribution in [0.2, 0.25) is 0 Å². The van der Waals surface area contributed by atoms with Gasteiger partial charge in [0, 0.05) is 53.3 Å². The summed E-state index contributed by atoms with van der Waals surface area (Å²) in [5, 5.41) is 5.75. The van der Waals surface area contributed by atoms with E-state index in [1.165, 1.54) is 0 Å². The lowest BCUT2D eigenvalue weighted by Gasteiger charge is -2.33. The van der Waals surface area contributed by atoms with Crippen LogP contribution in [0.5, 0.6) is 0 Å². The maximum Gasteiger partial charge on any atom is 0.270 e. The monoisotopic (exact) mass is 442 g/mol. The van der Waals surface area contributed by atoms with E-state index in [9.17, 15) is 13.8 Å². The Kier molecular flexibility index (Phi) is 7.79. The number of nitrogens with one attached hydrogen (secondary N) is 2. The van der Waals surface area contributed by atoms with Crippen LogP contribution in [-0.4, -0.2) is 52.9 Å². The Hall–Kier alpha value is -2.74. The maximum atomic E-state index is 12.5. The van der Waals surface area contributed by atoms with Crippen molar-refractivity contribution < 1.29 is 13.8 Å². The fourth-order valence-corrected chi connectivity index (χ4v) is 4.11. The molecule has 1 atom stereocenters. The molecule has 8 heteroatoms. The molecule has 1 aromatic carbocycles. The number of carbonyl (C=O) groups is 2. The maximum absolute atomic E-state index is 12.5. The van der Waals surface area contributed by atoms with Gasteiger partial charge in [-0.2, -0.15) is 0 Å². The standard InChI is InChI=1S/C23H30N4O3S/c1-16(2)25-23(29)21-6-4-5-20(26-21)22(28)24-15-17-11-13-27(14-12-17)18-7-9-19(10-8-18)31(3)30/h4-10,16-17H,11-15H2,1-3H3,(H,24,28)(H,25,29). The number of aromatic nitrogens is 1. The lowest BCUT2D eigenvalue weighted by atomic mass is 9.96. The van der Waals surface area contributed by atoms with Gasteiger partial charge in [-0.15, -0.1) is 0 Å². The van der Waals surface area contributed by atoms with Gasteiger partial charge in [-0.25, -0.2) is 4.98 Å². The van der Waals surface area contributed by atoms with Crippen LogP contribution in [0.3, 0.4) is 0 Å². The van der Waals surface area contributed by atoms with Gasteiger partial charge < -0.3 is 15.5 Å². The minimum atomic E-state index is -0.964. The molecule has 2 aromatic rings. The van der Waals surface area contributed by atoms with Crippen LogP contribution in [0.4, 0.5) is 5.69 Å². The molecule has 166 valence electrons. The highest BCUT2D eigenvalue weighted by molar-refractivity contribution is 7.84. The molecule has 1 aliphatic heterocycles. The van der Waals surface area contributed by atoms with E-state index < -0.39 is 10.8 Å². The third-order valence-electron chi connectivity index (χ3n) is 5.33. The Morgan fingerprint density at radius 3 is 2.26 bits per heavy atom. The van der Waals surface area contributed by atoms with Crippen molar-refractivity contribution in [2.24, 2.45) is 5.92 Å². The van der Waals surface area contributed by atoms with Gasteiger partial charge in [0.1, 0.15) is 11.4 Å². The van der Waals surface area contributed by atoms with Crippen LogP contribution in [0.25, 0.3) is 0 Å². The molecule has 31 heavy (non-hydrogen) atoms. The topological polar surface area (TPSA) is 91.4 Å². The second-order valence-electron chi connectivity index (χ2n) is 8.12. The normalized spacial score (nSPS) is 15.5. The molecule has 1 fully saturated rings. The zero-order chi connectivity index (χ0) is 22.4. The molecule has 7 nitrogen and oxygen atoms in total. The molecule has 2 N–H and O–H groups in total. The summed E-state index contributed by atoms with van der Waals surface area (Å²) < 4.78 is 11.5. The lowest BCUT2D eigenvalue weighted by molar-refractivity contribution is 0.0934. The van der Waals surface area contributed by atoms with Crippen molar-refractivity contribution in [1.29, 1.82) is 0 Å². The van der Waals surface area contributed by atoms with Crippen molar-refractivity contribution in [1.82, 2.24) is 15.6 Å². The minimum Gasteiger partial charge on any atom is -0.372 e. The summed E-state index contributed by atoms with van der Waals surface area (Å²) >= 11 is 0. The summed E-state index contributed by atoms with van der Waals surface area (Å²) in [7, 11) is -0.964. The number of rotatable bonds is 7. The molecule has 0 radical (unpaired) electrons. The van der Waals surface area contributed by atoms with E-state index in [2.05, 4.69) is 20.5 Å². The fourth-order valence-electron chi connectivity index (χ4n) is 3.60. The molecule has 0 saturated carbocycles. The van der Waals surface area contributed by atoms with Crippen LogP contribution in [0.15, 0.2) is 47.4 Å². The second-order valence-corrected chi connectivity index (χ2v) is 9.50. The SMILES string of the molecule is CC(C)NC(=O)c1cccc(C(=O)NCC2CCN(c3ccc(S(C)=O)cc3)CC2)n1. The quantitative estimate of drug-likeness (QED) is 0.688. The largest absolute Gasteiger partial charge is 0.372 e. The van der Waals surface area contributed by atoms with Crippen molar-refractivity contribution >= 4 is 28.3 Å². The molecule has 1 aliphatic rings. The van der Waals surface area contributed by atoms with Gasteiger partial charge >= 0.3 is 0 Å². The van der Waals surface area contributed by atoms with Crippen molar-refractivity contribution in [3.63, 3.8) is 0 Å². The second kappa shape index (κ2) is 10.5. The first-order valence-corrected chi connectivity index (χ1v) is 12.1. The van der Waals surface area contributed by atoms with Crippen LogP contribution in [0.1, 0.15) is 47.7 Å². The number of pyridine rings is 1. The van der Waals surface area contributed by atoms with E-state index in [0.717, 1.165) is 36.5 Å². The van der Waals surface area contributed by atoms with Crippen LogP contribution < -0.4 is 15.5 Å². The summed E-state index contributed by atoms with van der Waals surface area (Å²) in [6.07, 6.45) is 3.64. The Labute approximate surface area is 186 Å². The minimum absolute atomic E-state index is 0.00574. The highest BCUT2D eigenvalue weighted by Crippen LogP contribution is 2.24. The third-order valence-corrected chi connectivity index (χ3v) is 6.27. The average Bonchev–Trinajstić information content (AvgIpc) is 2.77. The summed E-state index contributed by atoms with van der Waals surface area (Å²) in [6.45, 7) is 6.17. The molecule has 1 unspecified atom stereocenters. The van der Waals surface area contributed by atoms with Crippen LogP contribution in [-0.2, 0) is 10.8 Å². The first-order chi connectivity index (χ1) is 14.8. The van der Waals surface area contributed by atoms with E-state index in [1.807, 2.05) is 38.1 Å². The predicted molar refractivity (Wildman–Crippen MR) is 123 cm³/mol. The smallest absolute Gasteiger partial charge is 0.270 e. The number of carbonyl (C=O) groups excluding carboxylic acids is 2. The van der Waals surface area contributed by atoms with E-state index >= 15 is 0 Å². The van der Waals surface area contributed by atoms with E-state index in [4.69, 9.17) is 0 Å². The van der Waals surface area contributed by atoms with Gasteiger partial charge in [-0.3, -0.25) is 13.8 Å². The predicted octanol–water partition coefficient (Wildman–Crippen LogP) is 2.60. The number of hydrogen-bond acceptors (Lipinski definition) is 5. The Morgan fingerprint density at radius 2 is 1.68 bits per heavy atom. The summed E-state index contributed by atoms with van der Waals surface area (Å²) in [5.74, 6) is -0.143. The van der Waals surface area contributed by atoms with Gasteiger partial charge in [0.2, 0.25) is 0 Å². The molecule has 0 aliphatic carbocycles. The van der Waals surface area contributed by atoms with E-state index in [-0.39, 0.29) is 29.2 Å². The molecule has 1 saturated heterocycles. The summed E-state index contributed by atoms with van der Waals surface area (Å²) in [4.78, 5) is 32.0. The van der Waals surface area contributed by atoms with Crippen molar-refractivity contribution in [2.45, 2.75) is 37.6 Å². The zero-order valence-corrected chi connectivity index (χ0v) is 19.1. The number of hydrogen-bond donors (Lipinski definition) is 2. The fraction of sp³-hybridized carbons (Fsp3) is 0.435. The summed E-state index contributed by atoms with van der Waals surface area (Å²) in [6, 6.07) is 12.8. The van der Waals surface area contributed by atoms with E-state index in [1.54, 1.807) is 24.5 Å². The Bertz CT molecular complexity index is 938. The Morgan fingerprint density at radius 1 is 1.06 bits per heavy atom. The number of piperidine rings is 1. The zero-order valence-electron chi connectivity index (χ0n) is 18.3. The number of nitrogens with zero attached hydrogens (tertiary/aromatic N) is 2.